The summed E-state index contributed by atoms with van der Waals surface area (Å²) in [5, 5.41) is 7.92. The fourth-order valence-corrected chi connectivity index (χ4v) is 6.15. The molecule has 3 aromatic carbocycles. The van der Waals surface area contributed by atoms with E-state index in [-0.39, 0.29) is 10.9 Å². The summed E-state index contributed by atoms with van der Waals surface area (Å²) in [6, 6.07) is 16.6. The van der Waals surface area contributed by atoms with E-state index in [1.807, 2.05) is 18.2 Å². The van der Waals surface area contributed by atoms with Gasteiger partial charge < -0.3 is 16.0 Å². The monoisotopic (exact) mass is 532 g/mol. The summed E-state index contributed by atoms with van der Waals surface area (Å²) >= 11 is 12.3. The quantitative estimate of drug-likeness (QED) is 0.415. The Labute approximate surface area is 216 Å². The minimum atomic E-state index is -3.59. The van der Waals surface area contributed by atoms with Crippen LogP contribution in [0, 0.1) is 0 Å². The molecule has 3 aromatic rings. The first kappa shape index (κ1) is 25.5. The zero-order valence-corrected chi connectivity index (χ0v) is 21.8. The maximum absolute atomic E-state index is 13.3. The number of halogens is 2. The maximum Gasteiger partial charge on any atom is 0.319 e. The third-order valence-electron chi connectivity index (χ3n) is 6.38. The minimum absolute atomic E-state index is 0.209. The number of rotatable bonds is 6. The van der Waals surface area contributed by atoms with E-state index in [0.29, 0.717) is 21.3 Å². The Bertz CT molecular complexity index is 1340. The minimum Gasteiger partial charge on any atom is -0.342 e. The zero-order valence-electron chi connectivity index (χ0n) is 19.5. The van der Waals surface area contributed by atoms with Crippen LogP contribution in [0.25, 0.3) is 0 Å². The maximum atomic E-state index is 13.3. The Hall–Kier alpha value is -2.58. The van der Waals surface area contributed by atoms with Crippen LogP contribution < -0.4 is 16.0 Å². The Balaban J connectivity index is 1.43. The van der Waals surface area contributed by atoms with Crippen LogP contribution in [-0.2, 0) is 22.8 Å². The molecule has 35 heavy (non-hydrogen) atoms. The van der Waals surface area contributed by atoms with Gasteiger partial charge in [0.2, 0.25) is 0 Å². The van der Waals surface area contributed by atoms with Crippen LogP contribution in [0.15, 0.2) is 65.6 Å². The Morgan fingerprint density at radius 2 is 1.74 bits per heavy atom. The molecule has 0 radical (unpaired) electrons. The van der Waals surface area contributed by atoms with E-state index in [0.717, 1.165) is 25.1 Å². The molecule has 0 spiro atoms. The Morgan fingerprint density at radius 1 is 1.00 bits per heavy atom. The van der Waals surface area contributed by atoms with Gasteiger partial charge in [-0.3, -0.25) is 0 Å². The largest absolute Gasteiger partial charge is 0.342 e. The van der Waals surface area contributed by atoms with Crippen molar-refractivity contribution in [3.8, 4) is 0 Å². The number of anilines is 1. The molecule has 2 atom stereocenters. The SMILES string of the molecule is CC(c1ccc2c(c1)CC[NH2+]C2)S(=O)(=O)c1ccc(NC(=O)N[C@@H](C)c2cccc(Cl)c2Cl)cc1. The third kappa shape index (κ3) is 5.64. The molecule has 4 N–H and O–H groups in total. The molecule has 2 amide bonds. The van der Waals surface area contributed by atoms with Crippen molar-refractivity contribution in [2.24, 2.45) is 0 Å². The fraction of sp³-hybridized carbons (Fsp3) is 0.269. The number of hydrogen-bond donors (Lipinski definition) is 3. The smallest absolute Gasteiger partial charge is 0.319 e. The summed E-state index contributed by atoms with van der Waals surface area (Å²) in [6.45, 7) is 5.47. The van der Waals surface area contributed by atoms with E-state index in [1.54, 1.807) is 44.2 Å². The molecule has 4 rings (SSSR count). The van der Waals surface area contributed by atoms with Gasteiger partial charge in [0.1, 0.15) is 6.54 Å². The van der Waals surface area contributed by atoms with E-state index in [1.165, 1.54) is 23.3 Å². The molecule has 0 fully saturated rings. The van der Waals surface area contributed by atoms with E-state index in [4.69, 9.17) is 23.2 Å². The lowest BCUT2D eigenvalue weighted by atomic mass is 9.97. The van der Waals surface area contributed by atoms with E-state index >= 15 is 0 Å². The third-order valence-corrected chi connectivity index (χ3v) is 9.35. The van der Waals surface area contributed by atoms with Crippen LogP contribution in [-0.4, -0.2) is 21.0 Å². The zero-order chi connectivity index (χ0) is 25.2. The Morgan fingerprint density at radius 3 is 2.49 bits per heavy atom. The van der Waals surface area contributed by atoms with Crippen molar-refractivity contribution >= 4 is 44.8 Å². The molecule has 9 heteroatoms. The van der Waals surface area contributed by atoms with Crippen LogP contribution in [0.3, 0.4) is 0 Å². The molecule has 6 nitrogen and oxygen atoms in total. The molecule has 1 aliphatic rings. The fourth-order valence-electron chi connectivity index (χ4n) is 4.25. The lowest BCUT2D eigenvalue weighted by Crippen LogP contribution is -2.84. The van der Waals surface area contributed by atoms with Crippen LogP contribution in [0.5, 0.6) is 0 Å². The second kappa shape index (κ2) is 10.6. The number of quaternary nitrogens is 1. The summed E-state index contributed by atoms with van der Waals surface area (Å²) in [7, 11) is -3.59. The number of amides is 2. The molecule has 1 aliphatic heterocycles. The molecule has 0 aromatic heterocycles. The van der Waals surface area contributed by atoms with Crippen molar-refractivity contribution in [1.29, 1.82) is 0 Å². The van der Waals surface area contributed by atoms with E-state index in [9.17, 15) is 13.2 Å². The number of nitrogens with two attached hydrogens (primary N) is 1. The van der Waals surface area contributed by atoms with Crippen molar-refractivity contribution in [3.05, 3.63) is 93.0 Å². The standard InChI is InChI=1S/C26H27Cl2N3O3S/c1-16(23-4-3-5-24(27)25(23)28)30-26(32)31-21-8-10-22(11-9-21)35(33,34)17(2)18-6-7-20-15-29-13-12-19(20)14-18/h3-11,14,16-17,29H,12-13,15H2,1-2H3,(H2,30,31,32)/p+1/t16-,17?/m0/s1. The number of nitrogens with one attached hydrogen (secondary N) is 2. The van der Waals surface area contributed by atoms with E-state index in [2.05, 4.69) is 16.0 Å². The number of hydrogen-bond acceptors (Lipinski definition) is 3. The van der Waals surface area contributed by atoms with Crippen LogP contribution in [0.2, 0.25) is 10.0 Å². The summed E-state index contributed by atoms with van der Waals surface area (Å²) in [4.78, 5) is 12.7. The normalized spacial score (nSPS) is 15.1. The van der Waals surface area contributed by atoms with Crippen molar-refractivity contribution in [2.45, 2.75) is 43.0 Å². The first-order chi connectivity index (χ1) is 16.7. The van der Waals surface area contributed by atoms with Gasteiger partial charge in [-0.25, -0.2) is 13.2 Å². The van der Waals surface area contributed by atoms with Crippen molar-refractivity contribution in [2.75, 3.05) is 11.9 Å². The Kier molecular flexibility index (Phi) is 7.71. The highest BCUT2D eigenvalue weighted by atomic mass is 35.5. The van der Waals surface area contributed by atoms with E-state index < -0.39 is 21.1 Å². The summed E-state index contributed by atoms with van der Waals surface area (Å²) in [5.41, 5.74) is 4.46. The van der Waals surface area contributed by atoms with Gasteiger partial charge >= 0.3 is 6.03 Å². The van der Waals surface area contributed by atoms with Gasteiger partial charge in [-0.15, -0.1) is 0 Å². The predicted octanol–water partition coefficient (Wildman–Crippen LogP) is 5.03. The molecule has 1 heterocycles. The number of fused-ring (bicyclic) bond motifs is 1. The van der Waals surface area contributed by atoms with Crippen molar-refractivity contribution in [1.82, 2.24) is 5.32 Å². The van der Waals surface area contributed by atoms with Crippen molar-refractivity contribution < 1.29 is 18.5 Å². The second-order valence-electron chi connectivity index (χ2n) is 8.73. The molecule has 0 saturated carbocycles. The van der Waals surface area contributed by atoms with Crippen LogP contribution in [0.4, 0.5) is 10.5 Å². The number of carbonyl (C=O) groups is 1. The average molecular weight is 534 g/mol. The topological polar surface area (TPSA) is 91.9 Å². The molecule has 184 valence electrons. The lowest BCUT2D eigenvalue weighted by Gasteiger charge is -2.19. The molecular formula is C26H28Cl2N3O3S+. The van der Waals surface area contributed by atoms with Gasteiger partial charge in [0.15, 0.2) is 9.84 Å². The summed E-state index contributed by atoms with van der Waals surface area (Å²) in [6.07, 6.45) is 0.945. The highest BCUT2D eigenvalue weighted by Crippen LogP contribution is 2.31. The predicted molar refractivity (Wildman–Crippen MR) is 140 cm³/mol. The van der Waals surface area contributed by atoms with Gasteiger partial charge in [0.25, 0.3) is 0 Å². The first-order valence-electron chi connectivity index (χ1n) is 11.5. The van der Waals surface area contributed by atoms with Gasteiger partial charge in [-0.2, -0.15) is 0 Å². The van der Waals surface area contributed by atoms with Crippen LogP contribution >= 0.6 is 23.2 Å². The van der Waals surface area contributed by atoms with Gasteiger partial charge in [-0.05, 0) is 60.9 Å². The first-order valence-corrected chi connectivity index (χ1v) is 13.8. The highest BCUT2D eigenvalue weighted by molar-refractivity contribution is 7.91. The average Bonchev–Trinajstić information content (AvgIpc) is 2.85. The molecule has 0 aliphatic carbocycles. The number of urea groups is 1. The number of benzene rings is 3. The second-order valence-corrected chi connectivity index (χ2v) is 11.8. The highest BCUT2D eigenvalue weighted by Gasteiger charge is 2.26. The summed E-state index contributed by atoms with van der Waals surface area (Å²) < 4.78 is 26.5. The van der Waals surface area contributed by atoms with Gasteiger partial charge in [0.05, 0.1) is 32.8 Å². The lowest BCUT2D eigenvalue weighted by molar-refractivity contribution is -0.673. The molecular weight excluding hydrogens is 505 g/mol. The van der Waals surface area contributed by atoms with Crippen molar-refractivity contribution in [3.63, 3.8) is 0 Å². The molecule has 0 saturated heterocycles. The van der Waals surface area contributed by atoms with Gasteiger partial charge in [0, 0.05) is 17.7 Å². The van der Waals surface area contributed by atoms with Gasteiger partial charge in [-0.1, -0.05) is 53.5 Å². The summed E-state index contributed by atoms with van der Waals surface area (Å²) in [5.74, 6) is 0. The van der Waals surface area contributed by atoms with Crippen LogP contribution in [0.1, 0.15) is 47.4 Å². The number of sulfone groups is 1. The number of carbonyl (C=O) groups excluding carboxylic acids is 1. The molecule has 0 bridgehead atoms. The molecule has 1 unspecified atom stereocenters.